The van der Waals surface area contributed by atoms with E-state index in [1.807, 2.05) is 13.8 Å². The van der Waals surface area contributed by atoms with Crippen LogP contribution in [-0.4, -0.2) is 49.4 Å². The molecule has 1 aliphatic heterocycles. The standard InChI is InChI=1S/C12H23N3O2.ClH/c1-9(2)11(16)14-7-8-15(3)12(17)10-5-4-6-13-10;/h9-10,13H,4-8H2,1-3H3,(H,14,16);1H. The molecule has 0 bridgehead atoms. The first kappa shape index (κ1) is 17.2. The summed E-state index contributed by atoms with van der Waals surface area (Å²) in [5.41, 5.74) is 0. The Kier molecular flexibility index (Phi) is 7.95. The Hall–Kier alpha value is -0.810. The van der Waals surface area contributed by atoms with Crippen molar-refractivity contribution in [2.75, 3.05) is 26.7 Å². The summed E-state index contributed by atoms with van der Waals surface area (Å²) in [6.07, 6.45) is 1.98. The molecule has 2 N–H and O–H groups in total. The lowest BCUT2D eigenvalue weighted by Crippen LogP contribution is -2.44. The number of likely N-dealkylation sites (N-methyl/N-ethyl adjacent to an activating group) is 1. The summed E-state index contributed by atoms with van der Waals surface area (Å²) in [6, 6.07) is -0.0270. The van der Waals surface area contributed by atoms with Gasteiger partial charge in [0.05, 0.1) is 6.04 Å². The van der Waals surface area contributed by atoms with E-state index in [0.717, 1.165) is 19.4 Å². The summed E-state index contributed by atoms with van der Waals surface area (Å²) in [5.74, 6) is 0.152. The van der Waals surface area contributed by atoms with Crippen molar-refractivity contribution in [3.05, 3.63) is 0 Å². The van der Waals surface area contributed by atoms with E-state index in [1.54, 1.807) is 11.9 Å². The largest absolute Gasteiger partial charge is 0.354 e. The predicted molar refractivity (Wildman–Crippen MR) is 73.8 cm³/mol. The monoisotopic (exact) mass is 277 g/mol. The van der Waals surface area contributed by atoms with Crippen LogP contribution in [0.4, 0.5) is 0 Å². The molecule has 1 unspecified atom stereocenters. The summed E-state index contributed by atoms with van der Waals surface area (Å²) in [6.45, 7) is 5.72. The number of hydrogen-bond donors (Lipinski definition) is 2. The lowest BCUT2D eigenvalue weighted by atomic mass is 10.2. The number of nitrogens with zero attached hydrogens (tertiary/aromatic N) is 1. The molecule has 5 nitrogen and oxygen atoms in total. The van der Waals surface area contributed by atoms with E-state index in [-0.39, 0.29) is 36.2 Å². The smallest absolute Gasteiger partial charge is 0.239 e. The van der Waals surface area contributed by atoms with Crippen molar-refractivity contribution in [3.63, 3.8) is 0 Å². The number of halogens is 1. The number of carbonyl (C=O) groups is 2. The third-order valence-corrected chi connectivity index (χ3v) is 3.01. The molecular formula is C12H24ClN3O2. The minimum atomic E-state index is -0.0270. The van der Waals surface area contributed by atoms with Crippen LogP contribution in [0.5, 0.6) is 0 Å². The second kappa shape index (κ2) is 8.32. The van der Waals surface area contributed by atoms with Gasteiger partial charge in [0.15, 0.2) is 0 Å². The Morgan fingerprint density at radius 3 is 2.61 bits per heavy atom. The first-order valence-corrected chi connectivity index (χ1v) is 6.28. The molecular weight excluding hydrogens is 254 g/mol. The fourth-order valence-corrected chi connectivity index (χ4v) is 1.82. The second-order valence-corrected chi connectivity index (χ2v) is 4.85. The molecule has 1 atom stereocenters. The molecule has 1 aliphatic rings. The zero-order valence-electron chi connectivity index (χ0n) is 11.4. The van der Waals surface area contributed by atoms with Crippen LogP contribution in [0.2, 0.25) is 0 Å². The van der Waals surface area contributed by atoms with Crippen molar-refractivity contribution in [2.45, 2.75) is 32.7 Å². The summed E-state index contributed by atoms with van der Waals surface area (Å²) in [5, 5.41) is 5.98. The number of carbonyl (C=O) groups excluding carboxylic acids is 2. The van der Waals surface area contributed by atoms with Crippen LogP contribution >= 0.6 is 12.4 Å². The van der Waals surface area contributed by atoms with Gasteiger partial charge in [-0.1, -0.05) is 13.8 Å². The normalized spacial score (nSPS) is 18.3. The molecule has 2 amide bonds. The summed E-state index contributed by atoms with van der Waals surface area (Å²) < 4.78 is 0. The second-order valence-electron chi connectivity index (χ2n) is 4.85. The zero-order chi connectivity index (χ0) is 12.8. The Bertz CT molecular complexity index is 278. The van der Waals surface area contributed by atoms with Crippen LogP contribution in [0.3, 0.4) is 0 Å². The van der Waals surface area contributed by atoms with Crippen molar-refractivity contribution in [1.82, 2.24) is 15.5 Å². The van der Waals surface area contributed by atoms with E-state index < -0.39 is 0 Å². The Morgan fingerprint density at radius 1 is 1.44 bits per heavy atom. The molecule has 1 rings (SSSR count). The SMILES string of the molecule is CC(C)C(=O)NCCN(C)C(=O)C1CCCN1.Cl. The van der Waals surface area contributed by atoms with Gasteiger partial charge >= 0.3 is 0 Å². The van der Waals surface area contributed by atoms with Crippen molar-refractivity contribution in [1.29, 1.82) is 0 Å². The van der Waals surface area contributed by atoms with E-state index in [9.17, 15) is 9.59 Å². The van der Waals surface area contributed by atoms with Crippen LogP contribution in [0.15, 0.2) is 0 Å². The van der Waals surface area contributed by atoms with E-state index in [2.05, 4.69) is 10.6 Å². The average molecular weight is 278 g/mol. The highest BCUT2D eigenvalue weighted by atomic mass is 35.5. The third kappa shape index (κ3) is 5.23. The number of amides is 2. The van der Waals surface area contributed by atoms with Crippen LogP contribution in [0, 0.1) is 5.92 Å². The van der Waals surface area contributed by atoms with Crippen LogP contribution in [-0.2, 0) is 9.59 Å². The molecule has 106 valence electrons. The topological polar surface area (TPSA) is 61.4 Å². The summed E-state index contributed by atoms with van der Waals surface area (Å²) in [7, 11) is 1.78. The maximum atomic E-state index is 11.9. The van der Waals surface area contributed by atoms with Gasteiger partial charge in [-0.15, -0.1) is 12.4 Å². The van der Waals surface area contributed by atoms with Crippen LogP contribution in [0.25, 0.3) is 0 Å². The Balaban J connectivity index is 0.00000289. The molecule has 0 aliphatic carbocycles. The highest BCUT2D eigenvalue weighted by Gasteiger charge is 2.24. The first-order chi connectivity index (χ1) is 8.02. The summed E-state index contributed by atoms with van der Waals surface area (Å²) in [4.78, 5) is 24.9. The average Bonchev–Trinajstić information content (AvgIpc) is 2.80. The highest BCUT2D eigenvalue weighted by Crippen LogP contribution is 2.07. The minimum absolute atomic E-state index is 0. The molecule has 0 aromatic rings. The lowest BCUT2D eigenvalue weighted by molar-refractivity contribution is -0.132. The van der Waals surface area contributed by atoms with E-state index in [0.29, 0.717) is 13.1 Å². The van der Waals surface area contributed by atoms with Gasteiger partial charge in [0.25, 0.3) is 0 Å². The maximum Gasteiger partial charge on any atom is 0.239 e. The number of nitrogens with one attached hydrogen (secondary N) is 2. The zero-order valence-corrected chi connectivity index (χ0v) is 12.2. The van der Waals surface area contributed by atoms with Gasteiger partial charge in [-0.3, -0.25) is 9.59 Å². The molecule has 1 fully saturated rings. The molecule has 0 saturated carbocycles. The molecule has 18 heavy (non-hydrogen) atoms. The van der Waals surface area contributed by atoms with Gasteiger partial charge in [0.1, 0.15) is 0 Å². The fourth-order valence-electron chi connectivity index (χ4n) is 1.82. The van der Waals surface area contributed by atoms with Gasteiger partial charge < -0.3 is 15.5 Å². The van der Waals surface area contributed by atoms with Crippen molar-refractivity contribution in [2.24, 2.45) is 5.92 Å². The highest BCUT2D eigenvalue weighted by molar-refractivity contribution is 5.85. The van der Waals surface area contributed by atoms with E-state index in [1.165, 1.54) is 0 Å². The minimum Gasteiger partial charge on any atom is -0.354 e. The van der Waals surface area contributed by atoms with Crippen molar-refractivity contribution in [3.8, 4) is 0 Å². The molecule has 0 radical (unpaired) electrons. The predicted octanol–water partition coefficient (Wildman–Crippen LogP) is 0.391. The van der Waals surface area contributed by atoms with Gasteiger partial charge in [-0.2, -0.15) is 0 Å². The third-order valence-electron chi connectivity index (χ3n) is 3.01. The molecule has 1 heterocycles. The lowest BCUT2D eigenvalue weighted by Gasteiger charge is -2.21. The van der Waals surface area contributed by atoms with Crippen molar-refractivity contribution < 1.29 is 9.59 Å². The number of rotatable bonds is 5. The van der Waals surface area contributed by atoms with Crippen molar-refractivity contribution >= 4 is 24.2 Å². The molecule has 0 aromatic carbocycles. The van der Waals surface area contributed by atoms with Crippen LogP contribution < -0.4 is 10.6 Å². The van der Waals surface area contributed by atoms with Gasteiger partial charge in [-0.05, 0) is 19.4 Å². The quantitative estimate of drug-likeness (QED) is 0.764. The fraction of sp³-hybridized carbons (Fsp3) is 0.833. The molecule has 6 heteroatoms. The van der Waals surface area contributed by atoms with Crippen LogP contribution in [0.1, 0.15) is 26.7 Å². The number of hydrogen-bond acceptors (Lipinski definition) is 3. The Labute approximate surface area is 115 Å². The van der Waals surface area contributed by atoms with E-state index >= 15 is 0 Å². The maximum absolute atomic E-state index is 11.9. The molecule has 0 aromatic heterocycles. The van der Waals surface area contributed by atoms with Gasteiger partial charge in [0, 0.05) is 26.1 Å². The van der Waals surface area contributed by atoms with E-state index in [4.69, 9.17) is 0 Å². The summed E-state index contributed by atoms with van der Waals surface area (Å²) >= 11 is 0. The first-order valence-electron chi connectivity index (χ1n) is 6.28. The molecule has 1 saturated heterocycles. The van der Waals surface area contributed by atoms with Gasteiger partial charge in [0.2, 0.25) is 11.8 Å². The van der Waals surface area contributed by atoms with Gasteiger partial charge in [-0.25, -0.2) is 0 Å². The Morgan fingerprint density at radius 2 is 2.11 bits per heavy atom. The molecule has 0 spiro atoms.